The summed E-state index contributed by atoms with van der Waals surface area (Å²) < 4.78 is 6.25. The average Bonchev–Trinajstić information content (AvgIpc) is 2.69. The van der Waals surface area contributed by atoms with Gasteiger partial charge < -0.3 is 14.7 Å². The molecule has 1 saturated heterocycles. The van der Waals surface area contributed by atoms with Gasteiger partial charge in [-0.1, -0.05) is 44.9 Å². The SMILES string of the molecule is Cc1ccc(Cl)cc1N1CCN(C[C@H](O)CO[C@H]2C[C@H](C)CC[C@@H]2C(C)C)CC1. The van der Waals surface area contributed by atoms with Gasteiger partial charge in [-0.05, 0) is 55.2 Å². The summed E-state index contributed by atoms with van der Waals surface area (Å²) in [6.07, 6.45) is 3.58. The molecule has 164 valence electrons. The van der Waals surface area contributed by atoms with Gasteiger partial charge in [-0.25, -0.2) is 0 Å². The number of aliphatic hydroxyl groups excluding tert-OH is 1. The van der Waals surface area contributed by atoms with Crippen molar-refractivity contribution in [3.8, 4) is 0 Å². The Balaban J connectivity index is 1.43. The predicted molar refractivity (Wildman–Crippen MR) is 122 cm³/mol. The van der Waals surface area contributed by atoms with E-state index < -0.39 is 6.10 Å². The van der Waals surface area contributed by atoms with E-state index in [2.05, 4.69) is 49.6 Å². The smallest absolute Gasteiger partial charge is 0.0900 e. The second-order valence-electron chi connectivity index (χ2n) is 9.57. The number of hydrogen-bond donors (Lipinski definition) is 1. The van der Waals surface area contributed by atoms with E-state index in [-0.39, 0.29) is 0 Å². The summed E-state index contributed by atoms with van der Waals surface area (Å²) in [5, 5.41) is 11.4. The maximum absolute atomic E-state index is 10.6. The molecule has 0 amide bonds. The van der Waals surface area contributed by atoms with Gasteiger partial charge in [0.2, 0.25) is 0 Å². The van der Waals surface area contributed by atoms with E-state index in [1.165, 1.54) is 24.1 Å². The number of rotatable bonds is 7. The lowest BCUT2D eigenvalue weighted by molar-refractivity contribution is -0.0740. The lowest BCUT2D eigenvalue weighted by Gasteiger charge is -2.39. The third kappa shape index (κ3) is 6.33. The van der Waals surface area contributed by atoms with Crippen LogP contribution in [0.25, 0.3) is 0 Å². The molecule has 1 aromatic rings. The van der Waals surface area contributed by atoms with E-state index in [4.69, 9.17) is 16.3 Å². The van der Waals surface area contributed by atoms with Gasteiger partial charge >= 0.3 is 0 Å². The molecular weight excluding hydrogens is 384 g/mol. The first-order chi connectivity index (χ1) is 13.8. The minimum Gasteiger partial charge on any atom is -0.389 e. The van der Waals surface area contributed by atoms with Crippen LogP contribution in [-0.2, 0) is 4.74 Å². The van der Waals surface area contributed by atoms with Crippen molar-refractivity contribution < 1.29 is 9.84 Å². The number of halogens is 1. The summed E-state index contributed by atoms with van der Waals surface area (Å²) in [5.41, 5.74) is 2.49. The van der Waals surface area contributed by atoms with Crippen LogP contribution in [0.1, 0.15) is 45.6 Å². The lowest BCUT2D eigenvalue weighted by Crippen LogP contribution is -2.49. The summed E-state index contributed by atoms with van der Waals surface area (Å²) in [6, 6.07) is 6.09. The van der Waals surface area contributed by atoms with Crippen LogP contribution >= 0.6 is 11.6 Å². The number of ether oxygens (including phenoxy) is 1. The van der Waals surface area contributed by atoms with Gasteiger partial charge in [0.15, 0.2) is 0 Å². The zero-order valence-corrected chi connectivity index (χ0v) is 19.4. The molecule has 2 fully saturated rings. The van der Waals surface area contributed by atoms with E-state index in [0.29, 0.717) is 31.1 Å². The van der Waals surface area contributed by atoms with Crippen molar-refractivity contribution in [1.29, 1.82) is 0 Å². The molecule has 1 saturated carbocycles. The molecule has 0 radical (unpaired) electrons. The van der Waals surface area contributed by atoms with Crippen molar-refractivity contribution in [3.63, 3.8) is 0 Å². The number of benzene rings is 1. The van der Waals surface area contributed by atoms with E-state index in [1.54, 1.807) is 0 Å². The third-order valence-electron chi connectivity index (χ3n) is 6.82. The van der Waals surface area contributed by atoms with Crippen molar-refractivity contribution in [2.24, 2.45) is 17.8 Å². The Hall–Kier alpha value is -0.810. The fourth-order valence-corrected chi connectivity index (χ4v) is 5.15. The summed E-state index contributed by atoms with van der Waals surface area (Å²) in [7, 11) is 0. The lowest BCUT2D eigenvalue weighted by atomic mass is 9.75. The number of aliphatic hydroxyl groups is 1. The van der Waals surface area contributed by atoms with Crippen LogP contribution < -0.4 is 4.90 Å². The maximum atomic E-state index is 10.6. The molecule has 0 unspecified atom stereocenters. The van der Waals surface area contributed by atoms with Crippen LogP contribution in [0, 0.1) is 24.7 Å². The predicted octanol–water partition coefficient (Wildman–Crippen LogP) is 4.61. The van der Waals surface area contributed by atoms with Crippen LogP contribution in [0.4, 0.5) is 5.69 Å². The average molecular weight is 423 g/mol. The van der Waals surface area contributed by atoms with Crippen molar-refractivity contribution in [2.45, 2.75) is 59.2 Å². The van der Waals surface area contributed by atoms with E-state index in [9.17, 15) is 5.11 Å². The highest BCUT2D eigenvalue weighted by Crippen LogP contribution is 2.35. The van der Waals surface area contributed by atoms with Gasteiger partial charge in [-0.2, -0.15) is 0 Å². The standard InChI is InChI=1S/C24H39ClN2O2/c1-17(2)22-8-5-18(3)13-24(22)29-16-21(28)15-26-9-11-27(12-10-26)23-14-20(25)7-6-19(23)4/h6-7,14,17-18,21-22,24,28H,5,8-13,15-16H2,1-4H3/t18-,21+,22-,24+/m1/s1. The van der Waals surface area contributed by atoms with Crippen LogP contribution in [-0.4, -0.2) is 61.5 Å². The second-order valence-corrected chi connectivity index (χ2v) is 10.0. The Morgan fingerprint density at radius 2 is 1.90 bits per heavy atom. The monoisotopic (exact) mass is 422 g/mol. The van der Waals surface area contributed by atoms with Crippen LogP contribution in [0.2, 0.25) is 5.02 Å². The topological polar surface area (TPSA) is 35.9 Å². The minimum absolute atomic E-state index is 0.302. The molecule has 0 bridgehead atoms. The molecular formula is C24H39ClN2O2. The highest BCUT2D eigenvalue weighted by atomic mass is 35.5. The quantitative estimate of drug-likeness (QED) is 0.696. The van der Waals surface area contributed by atoms with Gasteiger partial charge in [0.05, 0.1) is 18.8 Å². The van der Waals surface area contributed by atoms with Crippen LogP contribution in [0.3, 0.4) is 0 Å². The first-order valence-corrected chi connectivity index (χ1v) is 11.7. The fourth-order valence-electron chi connectivity index (χ4n) is 4.99. The number of piperazine rings is 1. The van der Waals surface area contributed by atoms with E-state index in [1.807, 2.05) is 6.07 Å². The Bertz CT molecular complexity index is 646. The fraction of sp³-hybridized carbons (Fsp3) is 0.750. The molecule has 3 rings (SSSR count). The van der Waals surface area contributed by atoms with Crippen molar-refractivity contribution in [1.82, 2.24) is 4.90 Å². The Morgan fingerprint density at radius 3 is 2.59 bits per heavy atom. The molecule has 1 aromatic carbocycles. The number of anilines is 1. The van der Waals surface area contributed by atoms with Gasteiger partial charge in [-0.3, -0.25) is 4.90 Å². The number of hydrogen-bond acceptors (Lipinski definition) is 4. The summed E-state index contributed by atoms with van der Waals surface area (Å²) >= 11 is 6.19. The molecule has 0 spiro atoms. The van der Waals surface area contributed by atoms with Gasteiger partial charge in [-0.15, -0.1) is 0 Å². The van der Waals surface area contributed by atoms with Gasteiger partial charge in [0, 0.05) is 43.4 Å². The second kappa shape index (κ2) is 10.5. The summed E-state index contributed by atoms with van der Waals surface area (Å²) in [4.78, 5) is 4.76. The van der Waals surface area contributed by atoms with Crippen LogP contribution in [0.5, 0.6) is 0 Å². The number of aryl methyl sites for hydroxylation is 1. The normalized spacial score (nSPS) is 27.4. The number of β-amino-alcohol motifs (C(OH)–C–C–N with tert-alkyl or cyclic N) is 1. The minimum atomic E-state index is -0.417. The van der Waals surface area contributed by atoms with E-state index in [0.717, 1.165) is 43.5 Å². The molecule has 1 aliphatic carbocycles. The summed E-state index contributed by atoms with van der Waals surface area (Å²) in [6.45, 7) is 14.0. The van der Waals surface area contributed by atoms with Gasteiger partial charge in [0.1, 0.15) is 0 Å². The molecule has 4 nitrogen and oxygen atoms in total. The zero-order chi connectivity index (χ0) is 21.0. The molecule has 1 heterocycles. The largest absolute Gasteiger partial charge is 0.389 e. The zero-order valence-electron chi connectivity index (χ0n) is 18.6. The molecule has 5 heteroatoms. The van der Waals surface area contributed by atoms with Crippen LogP contribution in [0.15, 0.2) is 18.2 Å². The Labute approximate surface area is 182 Å². The van der Waals surface area contributed by atoms with Gasteiger partial charge in [0.25, 0.3) is 0 Å². The molecule has 0 aromatic heterocycles. The Kier molecular flexibility index (Phi) is 8.26. The van der Waals surface area contributed by atoms with Crippen molar-refractivity contribution in [3.05, 3.63) is 28.8 Å². The third-order valence-corrected chi connectivity index (χ3v) is 7.05. The van der Waals surface area contributed by atoms with Crippen molar-refractivity contribution in [2.75, 3.05) is 44.2 Å². The van der Waals surface area contributed by atoms with E-state index >= 15 is 0 Å². The summed E-state index contributed by atoms with van der Waals surface area (Å²) in [5.74, 6) is 2.01. The highest BCUT2D eigenvalue weighted by Gasteiger charge is 2.32. The maximum Gasteiger partial charge on any atom is 0.0900 e. The molecule has 4 atom stereocenters. The molecule has 1 N–H and O–H groups in total. The first kappa shape index (κ1) is 22.9. The molecule has 2 aliphatic rings. The molecule has 1 aliphatic heterocycles. The first-order valence-electron chi connectivity index (χ1n) is 11.4. The van der Waals surface area contributed by atoms with Crippen molar-refractivity contribution >= 4 is 17.3 Å². The molecule has 29 heavy (non-hydrogen) atoms. The highest BCUT2D eigenvalue weighted by molar-refractivity contribution is 6.30. The Morgan fingerprint density at radius 1 is 1.17 bits per heavy atom. The number of nitrogens with zero attached hydrogens (tertiary/aromatic N) is 2.